The average Bonchev–Trinajstić information content (AvgIpc) is 2.21. The molecule has 0 aliphatic heterocycles. The summed E-state index contributed by atoms with van der Waals surface area (Å²) in [6, 6.07) is 7.85. The van der Waals surface area contributed by atoms with Crippen molar-refractivity contribution in [2.24, 2.45) is 0 Å². The van der Waals surface area contributed by atoms with E-state index in [1.165, 1.54) is 0 Å². The summed E-state index contributed by atoms with van der Waals surface area (Å²) < 4.78 is 5.58. The number of nitrogens with two attached hydrogens (primary N) is 1. The smallest absolute Gasteiger partial charge is 0.322 e. The van der Waals surface area contributed by atoms with Crippen LogP contribution in [-0.4, -0.2) is 9.97 Å². The number of nitrogens with zero attached hydrogens (tertiary/aromatic N) is 2. The van der Waals surface area contributed by atoms with E-state index < -0.39 is 0 Å². The van der Waals surface area contributed by atoms with Crippen LogP contribution >= 0.6 is 0 Å². The number of benzene rings is 1. The second-order valence-electron chi connectivity index (χ2n) is 4.08. The van der Waals surface area contributed by atoms with E-state index >= 15 is 0 Å². The lowest BCUT2D eigenvalue weighted by atomic mass is 10.2. The lowest BCUT2D eigenvalue weighted by Gasteiger charge is -2.08. The molecule has 1 heterocycles. The summed E-state index contributed by atoms with van der Waals surface area (Å²) in [4.78, 5) is 8.41. The Labute approximate surface area is 100 Å². The predicted octanol–water partition coefficient (Wildman–Crippen LogP) is 2.78. The molecule has 0 atom stereocenters. The lowest BCUT2D eigenvalue weighted by Crippen LogP contribution is -1.98. The van der Waals surface area contributed by atoms with E-state index in [2.05, 4.69) is 9.97 Å². The summed E-state index contributed by atoms with van der Waals surface area (Å²) in [7, 11) is 0. The van der Waals surface area contributed by atoms with Crippen LogP contribution in [0.5, 0.6) is 11.8 Å². The van der Waals surface area contributed by atoms with E-state index in [0.717, 1.165) is 17.0 Å². The molecule has 4 nitrogen and oxygen atoms in total. The molecule has 0 unspecified atom stereocenters. The third kappa shape index (κ3) is 2.72. The highest BCUT2D eigenvalue weighted by Crippen LogP contribution is 2.26. The van der Waals surface area contributed by atoms with E-state index in [1.54, 1.807) is 0 Å². The number of anilines is 1. The fraction of sp³-hybridized carbons (Fsp3) is 0.231. The molecule has 0 aliphatic carbocycles. The van der Waals surface area contributed by atoms with Crippen LogP contribution in [0.15, 0.2) is 24.3 Å². The molecule has 2 rings (SSSR count). The van der Waals surface area contributed by atoms with Crippen LogP contribution in [0, 0.1) is 20.8 Å². The lowest BCUT2D eigenvalue weighted by molar-refractivity contribution is 0.441. The molecule has 2 aromatic rings. The average molecular weight is 229 g/mol. The van der Waals surface area contributed by atoms with Gasteiger partial charge in [0.15, 0.2) is 5.75 Å². The zero-order chi connectivity index (χ0) is 12.4. The van der Waals surface area contributed by atoms with Crippen LogP contribution in [0.4, 0.5) is 5.69 Å². The molecule has 0 radical (unpaired) electrons. The van der Waals surface area contributed by atoms with Gasteiger partial charge in [-0.05, 0) is 44.5 Å². The molecule has 0 spiro atoms. The van der Waals surface area contributed by atoms with Gasteiger partial charge in [0.25, 0.3) is 0 Å². The Balaban J connectivity index is 2.31. The largest absolute Gasteiger partial charge is 0.422 e. The van der Waals surface area contributed by atoms with Crippen LogP contribution in [0.25, 0.3) is 0 Å². The molecule has 88 valence electrons. The Morgan fingerprint density at radius 3 is 2.24 bits per heavy atom. The summed E-state index contributed by atoms with van der Waals surface area (Å²) in [5.41, 5.74) is 9.30. The first-order valence-corrected chi connectivity index (χ1v) is 5.41. The summed E-state index contributed by atoms with van der Waals surface area (Å²) >= 11 is 0. The number of rotatable bonds is 2. The first-order valence-electron chi connectivity index (χ1n) is 5.41. The molecule has 0 aliphatic rings. The Morgan fingerprint density at radius 2 is 1.65 bits per heavy atom. The Bertz CT molecular complexity index is 532. The standard InChI is InChI=1S/C13H15N3O/c1-8-4-5-12(11(14)6-8)17-13-15-9(2)7-10(3)16-13/h4-7H,14H2,1-3H3. The number of hydrogen-bond donors (Lipinski definition) is 1. The van der Waals surface area contributed by atoms with Gasteiger partial charge in [-0.15, -0.1) is 0 Å². The Morgan fingerprint density at radius 1 is 1.00 bits per heavy atom. The predicted molar refractivity (Wildman–Crippen MR) is 67.2 cm³/mol. The van der Waals surface area contributed by atoms with Gasteiger partial charge in [-0.3, -0.25) is 0 Å². The monoisotopic (exact) mass is 229 g/mol. The number of aryl methyl sites for hydroxylation is 3. The normalized spacial score (nSPS) is 10.3. The molecule has 0 saturated carbocycles. The summed E-state index contributed by atoms with van der Waals surface area (Å²) in [6.07, 6.45) is 0. The maximum absolute atomic E-state index is 5.86. The summed E-state index contributed by atoms with van der Waals surface area (Å²) in [6.45, 7) is 5.79. The van der Waals surface area contributed by atoms with Gasteiger partial charge in [-0.25, -0.2) is 9.97 Å². The van der Waals surface area contributed by atoms with E-state index in [1.807, 2.05) is 45.0 Å². The third-order valence-electron chi connectivity index (χ3n) is 2.33. The minimum absolute atomic E-state index is 0.332. The quantitative estimate of drug-likeness (QED) is 0.804. The van der Waals surface area contributed by atoms with Crippen molar-refractivity contribution in [3.63, 3.8) is 0 Å². The van der Waals surface area contributed by atoms with Gasteiger partial charge < -0.3 is 10.5 Å². The van der Waals surface area contributed by atoms with Crippen molar-refractivity contribution in [1.29, 1.82) is 0 Å². The minimum Gasteiger partial charge on any atom is -0.422 e. The molecule has 4 heteroatoms. The highest BCUT2D eigenvalue weighted by Gasteiger charge is 2.05. The highest BCUT2D eigenvalue weighted by atomic mass is 16.5. The fourth-order valence-corrected chi connectivity index (χ4v) is 1.60. The number of aromatic nitrogens is 2. The first kappa shape index (κ1) is 11.4. The van der Waals surface area contributed by atoms with Crippen LogP contribution in [0.3, 0.4) is 0 Å². The molecule has 1 aromatic heterocycles. The van der Waals surface area contributed by atoms with Crippen LogP contribution < -0.4 is 10.5 Å². The van der Waals surface area contributed by atoms with Crippen LogP contribution in [0.1, 0.15) is 17.0 Å². The molecule has 0 fully saturated rings. The van der Waals surface area contributed by atoms with E-state index in [9.17, 15) is 0 Å². The van der Waals surface area contributed by atoms with Crippen molar-refractivity contribution in [3.8, 4) is 11.8 Å². The van der Waals surface area contributed by atoms with Crippen molar-refractivity contribution in [2.45, 2.75) is 20.8 Å². The topological polar surface area (TPSA) is 61.0 Å². The highest BCUT2D eigenvalue weighted by molar-refractivity contribution is 5.54. The third-order valence-corrected chi connectivity index (χ3v) is 2.33. The molecule has 1 aromatic carbocycles. The van der Waals surface area contributed by atoms with Crippen molar-refractivity contribution >= 4 is 5.69 Å². The number of hydrogen-bond acceptors (Lipinski definition) is 4. The van der Waals surface area contributed by atoms with Gasteiger partial charge in [0.05, 0.1) is 5.69 Å². The van der Waals surface area contributed by atoms with Crippen molar-refractivity contribution in [3.05, 3.63) is 41.2 Å². The second kappa shape index (κ2) is 4.41. The van der Waals surface area contributed by atoms with Crippen LogP contribution in [-0.2, 0) is 0 Å². The molecular formula is C13H15N3O. The van der Waals surface area contributed by atoms with Crippen molar-refractivity contribution in [1.82, 2.24) is 9.97 Å². The Kier molecular flexibility index (Phi) is 2.95. The molecule has 2 N–H and O–H groups in total. The van der Waals surface area contributed by atoms with Gasteiger partial charge in [0.1, 0.15) is 0 Å². The van der Waals surface area contributed by atoms with Gasteiger partial charge in [-0.1, -0.05) is 6.07 Å². The van der Waals surface area contributed by atoms with Gasteiger partial charge in [-0.2, -0.15) is 0 Å². The van der Waals surface area contributed by atoms with Gasteiger partial charge in [0, 0.05) is 11.4 Å². The summed E-state index contributed by atoms with van der Waals surface area (Å²) in [5.74, 6) is 0.584. The maximum atomic E-state index is 5.86. The SMILES string of the molecule is Cc1ccc(Oc2nc(C)cc(C)n2)c(N)c1. The molecule has 0 bridgehead atoms. The number of nitrogen functional groups attached to an aromatic ring is 1. The molecule has 0 amide bonds. The fourth-order valence-electron chi connectivity index (χ4n) is 1.60. The maximum Gasteiger partial charge on any atom is 0.322 e. The van der Waals surface area contributed by atoms with Crippen LogP contribution in [0.2, 0.25) is 0 Å². The van der Waals surface area contributed by atoms with Crippen molar-refractivity contribution < 1.29 is 4.74 Å². The Hall–Kier alpha value is -2.10. The number of ether oxygens (including phenoxy) is 1. The molecule has 0 saturated heterocycles. The van der Waals surface area contributed by atoms with Crippen molar-refractivity contribution in [2.75, 3.05) is 5.73 Å². The van der Waals surface area contributed by atoms with E-state index in [-0.39, 0.29) is 0 Å². The van der Waals surface area contributed by atoms with Gasteiger partial charge in [0.2, 0.25) is 0 Å². The molecule has 17 heavy (non-hydrogen) atoms. The van der Waals surface area contributed by atoms with E-state index in [4.69, 9.17) is 10.5 Å². The van der Waals surface area contributed by atoms with E-state index in [0.29, 0.717) is 17.4 Å². The first-order chi connectivity index (χ1) is 8.04. The second-order valence-corrected chi connectivity index (χ2v) is 4.08. The zero-order valence-corrected chi connectivity index (χ0v) is 10.2. The van der Waals surface area contributed by atoms with Gasteiger partial charge >= 0.3 is 6.01 Å². The molecular weight excluding hydrogens is 214 g/mol. The minimum atomic E-state index is 0.332. The zero-order valence-electron chi connectivity index (χ0n) is 10.2. The summed E-state index contributed by atoms with van der Waals surface area (Å²) in [5, 5.41) is 0.